The first kappa shape index (κ1) is 15.1. The second kappa shape index (κ2) is 9.00. The lowest BCUT2D eigenvalue weighted by Gasteiger charge is -2.20. The topological polar surface area (TPSA) is 32.3 Å². The maximum atomic E-state index is 11.4. The van der Waals surface area contributed by atoms with Crippen LogP contribution in [0.15, 0.2) is 35.2 Å². The number of carbonyl (C=O) groups excluding carboxylic acids is 1. The van der Waals surface area contributed by atoms with E-state index in [1.54, 1.807) is 7.05 Å². The molecule has 0 bridgehead atoms. The molecule has 1 aromatic carbocycles. The second-order valence-electron chi connectivity index (χ2n) is 4.11. The molecule has 0 aliphatic heterocycles. The molecular formula is C14H22N2OS. The minimum absolute atomic E-state index is 0.0909. The summed E-state index contributed by atoms with van der Waals surface area (Å²) >= 11 is 1.84. The van der Waals surface area contributed by atoms with E-state index in [1.807, 2.05) is 17.8 Å². The minimum atomic E-state index is 0.0909. The van der Waals surface area contributed by atoms with Crippen LogP contribution in [0.2, 0.25) is 0 Å². The van der Waals surface area contributed by atoms with Crippen molar-refractivity contribution in [2.75, 3.05) is 32.4 Å². The summed E-state index contributed by atoms with van der Waals surface area (Å²) in [7, 11) is 1.69. The molecule has 0 aliphatic carbocycles. The zero-order valence-electron chi connectivity index (χ0n) is 11.2. The van der Waals surface area contributed by atoms with Crippen molar-refractivity contribution in [3.8, 4) is 0 Å². The van der Waals surface area contributed by atoms with E-state index in [9.17, 15) is 4.79 Å². The number of amides is 1. The lowest BCUT2D eigenvalue weighted by atomic mass is 10.4. The summed E-state index contributed by atoms with van der Waals surface area (Å²) in [4.78, 5) is 14.9. The van der Waals surface area contributed by atoms with E-state index in [4.69, 9.17) is 0 Å². The number of thioether (sulfide) groups is 1. The summed E-state index contributed by atoms with van der Waals surface area (Å²) in [5.74, 6) is 1.11. The summed E-state index contributed by atoms with van der Waals surface area (Å²) in [5, 5.41) is 2.67. The van der Waals surface area contributed by atoms with E-state index in [2.05, 4.69) is 41.4 Å². The van der Waals surface area contributed by atoms with E-state index in [0.717, 1.165) is 25.3 Å². The van der Waals surface area contributed by atoms with Gasteiger partial charge in [-0.15, -0.1) is 11.8 Å². The molecule has 0 radical (unpaired) electrons. The average molecular weight is 266 g/mol. The Morgan fingerprint density at radius 2 is 2.00 bits per heavy atom. The molecular weight excluding hydrogens is 244 g/mol. The molecule has 0 aromatic heterocycles. The van der Waals surface area contributed by atoms with Crippen molar-refractivity contribution < 1.29 is 4.79 Å². The molecule has 0 spiro atoms. The zero-order chi connectivity index (χ0) is 13.2. The van der Waals surface area contributed by atoms with E-state index in [1.165, 1.54) is 4.90 Å². The van der Waals surface area contributed by atoms with Crippen molar-refractivity contribution in [3.63, 3.8) is 0 Å². The molecule has 0 saturated heterocycles. The second-order valence-corrected chi connectivity index (χ2v) is 5.28. The molecule has 3 nitrogen and oxygen atoms in total. The predicted molar refractivity (Wildman–Crippen MR) is 78.0 cm³/mol. The standard InChI is InChI=1S/C14H22N2OS/c1-3-9-16(12-14(17)15-2)10-11-18-13-7-5-4-6-8-13/h4-8H,3,9-12H2,1-2H3,(H,15,17). The Kier molecular flexibility index (Phi) is 7.53. The number of hydrogen-bond donors (Lipinski definition) is 1. The lowest BCUT2D eigenvalue weighted by Crippen LogP contribution is -2.37. The van der Waals surface area contributed by atoms with Crippen molar-refractivity contribution in [1.82, 2.24) is 10.2 Å². The van der Waals surface area contributed by atoms with Gasteiger partial charge in [-0.1, -0.05) is 25.1 Å². The third-order valence-electron chi connectivity index (χ3n) is 2.61. The highest BCUT2D eigenvalue weighted by molar-refractivity contribution is 7.99. The van der Waals surface area contributed by atoms with Gasteiger partial charge in [-0.25, -0.2) is 0 Å². The van der Waals surface area contributed by atoms with Crippen molar-refractivity contribution >= 4 is 17.7 Å². The normalized spacial score (nSPS) is 10.6. The molecule has 18 heavy (non-hydrogen) atoms. The number of carbonyl (C=O) groups is 1. The van der Waals surface area contributed by atoms with Gasteiger partial charge in [0.2, 0.25) is 5.91 Å². The maximum absolute atomic E-state index is 11.4. The van der Waals surface area contributed by atoms with Crippen LogP contribution in [0.25, 0.3) is 0 Å². The lowest BCUT2D eigenvalue weighted by molar-refractivity contribution is -0.121. The van der Waals surface area contributed by atoms with Crippen LogP contribution in [0.4, 0.5) is 0 Å². The quantitative estimate of drug-likeness (QED) is 0.732. The third kappa shape index (κ3) is 6.07. The SMILES string of the molecule is CCCN(CCSc1ccccc1)CC(=O)NC. The van der Waals surface area contributed by atoms with Gasteiger partial charge in [0, 0.05) is 24.2 Å². The van der Waals surface area contributed by atoms with Crippen molar-refractivity contribution in [1.29, 1.82) is 0 Å². The van der Waals surface area contributed by atoms with Gasteiger partial charge in [0.1, 0.15) is 0 Å². The van der Waals surface area contributed by atoms with Crippen LogP contribution in [0.1, 0.15) is 13.3 Å². The van der Waals surface area contributed by atoms with Gasteiger partial charge < -0.3 is 5.32 Å². The van der Waals surface area contributed by atoms with Crippen LogP contribution in [0.3, 0.4) is 0 Å². The van der Waals surface area contributed by atoms with Gasteiger partial charge in [0.25, 0.3) is 0 Å². The molecule has 0 aliphatic rings. The highest BCUT2D eigenvalue weighted by atomic mass is 32.2. The van der Waals surface area contributed by atoms with Crippen molar-refractivity contribution in [2.24, 2.45) is 0 Å². The molecule has 100 valence electrons. The molecule has 0 fully saturated rings. The Morgan fingerprint density at radius 1 is 1.28 bits per heavy atom. The summed E-state index contributed by atoms with van der Waals surface area (Å²) in [6, 6.07) is 10.4. The van der Waals surface area contributed by atoms with Gasteiger partial charge >= 0.3 is 0 Å². The van der Waals surface area contributed by atoms with Crippen molar-refractivity contribution in [2.45, 2.75) is 18.2 Å². The van der Waals surface area contributed by atoms with E-state index in [-0.39, 0.29) is 5.91 Å². The number of rotatable bonds is 8. The van der Waals surface area contributed by atoms with Crippen LogP contribution in [0.5, 0.6) is 0 Å². The highest BCUT2D eigenvalue weighted by Crippen LogP contribution is 2.16. The molecule has 0 unspecified atom stereocenters. The largest absolute Gasteiger partial charge is 0.358 e. The molecule has 1 N–H and O–H groups in total. The molecule has 1 aromatic rings. The number of benzene rings is 1. The van der Waals surface area contributed by atoms with E-state index >= 15 is 0 Å². The Morgan fingerprint density at radius 3 is 2.61 bits per heavy atom. The predicted octanol–water partition coefficient (Wildman–Crippen LogP) is 2.24. The van der Waals surface area contributed by atoms with Crippen LogP contribution < -0.4 is 5.32 Å². The van der Waals surface area contributed by atoms with Gasteiger partial charge in [-0.2, -0.15) is 0 Å². The summed E-state index contributed by atoms with van der Waals surface area (Å²) in [6.07, 6.45) is 1.08. The Balaban J connectivity index is 2.31. The van der Waals surface area contributed by atoms with Crippen LogP contribution in [-0.2, 0) is 4.79 Å². The first-order chi connectivity index (χ1) is 8.76. The molecule has 1 amide bonds. The fourth-order valence-corrected chi connectivity index (χ4v) is 2.61. The fourth-order valence-electron chi connectivity index (χ4n) is 1.68. The molecule has 0 atom stereocenters. The van der Waals surface area contributed by atoms with E-state index < -0.39 is 0 Å². The maximum Gasteiger partial charge on any atom is 0.233 e. The number of nitrogens with one attached hydrogen (secondary N) is 1. The fraction of sp³-hybridized carbons (Fsp3) is 0.500. The first-order valence-electron chi connectivity index (χ1n) is 6.37. The van der Waals surface area contributed by atoms with Gasteiger partial charge in [-0.05, 0) is 25.1 Å². The van der Waals surface area contributed by atoms with Crippen LogP contribution in [0, 0.1) is 0 Å². The summed E-state index contributed by atoms with van der Waals surface area (Å²) in [5.41, 5.74) is 0. The molecule has 1 rings (SSSR count). The zero-order valence-corrected chi connectivity index (χ0v) is 12.0. The summed E-state index contributed by atoms with van der Waals surface area (Å²) < 4.78 is 0. The highest BCUT2D eigenvalue weighted by Gasteiger charge is 2.08. The van der Waals surface area contributed by atoms with Crippen LogP contribution in [-0.4, -0.2) is 43.2 Å². The Bertz CT molecular complexity index is 343. The number of hydrogen-bond acceptors (Lipinski definition) is 3. The number of nitrogens with zero attached hydrogens (tertiary/aromatic N) is 1. The van der Waals surface area contributed by atoms with Gasteiger partial charge in [-0.3, -0.25) is 9.69 Å². The summed E-state index contributed by atoms with van der Waals surface area (Å²) in [6.45, 7) is 4.56. The molecule has 4 heteroatoms. The van der Waals surface area contributed by atoms with E-state index in [0.29, 0.717) is 6.54 Å². The van der Waals surface area contributed by atoms with Gasteiger partial charge in [0.05, 0.1) is 6.54 Å². The third-order valence-corrected chi connectivity index (χ3v) is 3.60. The molecule has 0 saturated carbocycles. The smallest absolute Gasteiger partial charge is 0.233 e. The van der Waals surface area contributed by atoms with Crippen molar-refractivity contribution in [3.05, 3.63) is 30.3 Å². The van der Waals surface area contributed by atoms with Gasteiger partial charge in [0.15, 0.2) is 0 Å². The van der Waals surface area contributed by atoms with Crippen LogP contribution >= 0.6 is 11.8 Å². The number of likely N-dealkylation sites (N-methyl/N-ethyl adjacent to an activating group) is 1. The first-order valence-corrected chi connectivity index (χ1v) is 7.35. The minimum Gasteiger partial charge on any atom is -0.358 e. The Labute approximate surface area is 114 Å². The average Bonchev–Trinajstić information content (AvgIpc) is 2.40. The monoisotopic (exact) mass is 266 g/mol. The Hall–Kier alpha value is -1.00. The molecule has 0 heterocycles.